The Labute approximate surface area is 140 Å². The molecule has 1 N–H and O–H groups in total. The predicted octanol–water partition coefficient (Wildman–Crippen LogP) is 1.62. The third kappa shape index (κ3) is 5.22. The van der Waals surface area contributed by atoms with Gasteiger partial charge in [0, 0.05) is 47.8 Å². The minimum absolute atomic E-state index is 0.117. The summed E-state index contributed by atoms with van der Waals surface area (Å²) in [5.74, 6) is 0.973. The largest absolute Gasteiger partial charge is 0.393 e. The molecule has 128 valence electrons. The molecule has 1 aliphatic heterocycles. The van der Waals surface area contributed by atoms with E-state index in [1.54, 1.807) is 0 Å². The molecule has 1 aromatic carbocycles. The minimum Gasteiger partial charge on any atom is -0.393 e. The van der Waals surface area contributed by atoms with Gasteiger partial charge < -0.3 is 14.9 Å². The zero-order valence-corrected chi connectivity index (χ0v) is 14.9. The van der Waals surface area contributed by atoms with Crippen molar-refractivity contribution in [1.29, 1.82) is 0 Å². The van der Waals surface area contributed by atoms with Gasteiger partial charge in [0.05, 0.1) is 12.6 Å². The van der Waals surface area contributed by atoms with E-state index in [4.69, 9.17) is 4.99 Å². The third-order valence-electron chi connectivity index (χ3n) is 4.26. The number of aliphatic hydroxyl groups excluding tert-OH is 1. The lowest BCUT2D eigenvalue weighted by Gasteiger charge is -2.30. The molecule has 1 heterocycles. The lowest BCUT2D eigenvalue weighted by atomic mass is 10.0. The van der Waals surface area contributed by atoms with Crippen LogP contribution in [0.15, 0.2) is 29.3 Å². The van der Waals surface area contributed by atoms with Crippen LogP contribution in [0.25, 0.3) is 0 Å². The molecule has 0 spiro atoms. The van der Waals surface area contributed by atoms with Crippen LogP contribution in [0.3, 0.4) is 0 Å². The Morgan fingerprint density at radius 2 is 1.65 bits per heavy atom. The van der Waals surface area contributed by atoms with Crippen molar-refractivity contribution in [3.8, 4) is 0 Å². The van der Waals surface area contributed by atoms with Gasteiger partial charge in [0.2, 0.25) is 0 Å². The number of benzene rings is 1. The molecule has 1 saturated heterocycles. The summed E-state index contributed by atoms with van der Waals surface area (Å²) in [6.07, 6.45) is 1.64. The van der Waals surface area contributed by atoms with Gasteiger partial charge in [-0.15, -0.1) is 0 Å². The zero-order valence-electron chi connectivity index (χ0n) is 14.9. The van der Waals surface area contributed by atoms with Crippen molar-refractivity contribution in [1.82, 2.24) is 14.7 Å². The van der Waals surface area contributed by atoms with Crippen LogP contribution in [0.5, 0.6) is 0 Å². The maximum Gasteiger partial charge on any atom is 0.195 e. The van der Waals surface area contributed by atoms with Gasteiger partial charge in [-0.05, 0) is 24.0 Å². The van der Waals surface area contributed by atoms with Crippen molar-refractivity contribution >= 4 is 5.96 Å². The number of hydrogen-bond donors (Lipinski definition) is 1. The minimum atomic E-state index is -0.117. The molecule has 0 saturated carbocycles. The third-order valence-corrected chi connectivity index (χ3v) is 4.26. The zero-order chi connectivity index (χ0) is 16.8. The Kier molecular flexibility index (Phi) is 6.42. The molecular formula is C18H30N4O. The lowest BCUT2D eigenvalue weighted by Crippen LogP contribution is -2.36. The quantitative estimate of drug-likeness (QED) is 0.677. The summed E-state index contributed by atoms with van der Waals surface area (Å²) in [5.41, 5.74) is 2.62. The summed E-state index contributed by atoms with van der Waals surface area (Å²) in [4.78, 5) is 11.3. The first-order valence-corrected chi connectivity index (χ1v) is 8.33. The molecule has 1 aromatic rings. The molecule has 0 radical (unpaired) electrons. The van der Waals surface area contributed by atoms with Crippen molar-refractivity contribution < 1.29 is 5.11 Å². The Balaban J connectivity index is 2.07. The molecule has 1 aliphatic rings. The van der Waals surface area contributed by atoms with Crippen molar-refractivity contribution in [3.63, 3.8) is 0 Å². The fourth-order valence-electron chi connectivity index (χ4n) is 3.02. The molecular weight excluding hydrogens is 288 g/mol. The van der Waals surface area contributed by atoms with Crippen molar-refractivity contribution in [3.05, 3.63) is 35.4 Å². The number of aliphatic imine (C=N–C) groups is 1. The predicted molar refractivity (Wildman–Crippen MR) is 95.5 cm³/mol. The van der Waals surface area contributed by atoms with E-state index in [2.05, 4.69) is 29.2 Å². The molecule has 0 bridgehead atoms. The van der Waals surface area contributed by atoms with E-state index in [1.165, 1.54) is 11.1 Å². The van der Waals surface area contributed by atoms with E-state index in [0.29, 0.717) is 6.54 Å². The van der Waals surface area contributed by atoms with Crippen LogP contribution < -0.4 is 0 Å². The molecule has 2 rings (SSSR count). The van der Waals surface area contributed by atoms with Crippen LogP contribution >= 0.6 is 0 Å². The second-order valence-corrected chi connectivity index (χ2v) is 6.68. The highest BCUT2D eigenvalue weighted by atomic mass is 16.3. The van der Waals surface area contributed by atoms with E-state index in [1.807, 2.05) is 38.0 Å². The molecule has 0 atom stereocenters. The molecule has 0 unspecified atom stereocenters. The molecule has 0 aromatic heterocycles. The fourth-order valence-corrected chi connectivity index (χ4v) is 3.02. The first-order chi connectivity index (χ1) is 11.0. The second-order valence-electron chi connectivity index (χ2n) is 6.68. The van der Waals surface area contributed by atoms with E-state index < -0.39 is 0 Å². The first-order valence-electron chi connectivity index (χ1n) is 8.33. The number of likely N-dealkylation sites (tertiary alicyclic amines) is 1. The molecule has 5 heteroatoms. The highest BCUT2D eigenvalue weighted by Crippen LogP contribution is 2.17. The number of guanidine groups is 1. The first kappa shape index (κ1) is 17.8. The average Bonchev–Trinajstić information content (AvgIpc) is 2.50. The standard InChI is InChI=1S/C18H30N4O/c1-20(2)18(21(3)4)19-13-15-7-5-6-8-16(15)14-22-11-9-17(23)10-12-22/h5-8,17,23H,9-14H2,1-4H3. The van der Waals surface area contributed by atoms with E-state index in [9.17, 15) is 5.11 Å². The van der Waals surface area contributed by atoms with Gasteiger partial charge in [-0.1, -0.05) is 24.3 Å². The topological polar surface area (TPSA) is 42.3 Å². The average molecular weight is 318 g/mol. The van der Waals surface area contributed by atoms with Gasteiger partial charge in [0.1, 0.15) is 0 Å². The highest BCUT2D eigenvalue weighted by Gasteiger charge is 2.17. The fraction of sp³-hybridized carbons (Fsp3) is 0.611. The van der Waals surface area contributed by atoms with Crippen molar-refractivity contribution in [2.24, 2.45) is 4.99 Å². The van der Waals surface area contributed by atoms with Crippen LogP contribution in [-0.2, 0) is 13.1 Å². The Bertz CT molecular complexity index is 510. The summed E-state index contributed by atoms with van der Waals surface area (Å²) in [7, 11) is 8.07. The maximum atomic E-state index is 9.64. The van der Waals surface area contributed by atoms with Gasteiger partial charge in [0.25, 0.3) is 0 Å². The smallest absolute Gasteiger partial charge is 0.195 e. The normalized spacial score (nSPS) is 16.2. The van der Waals surface area contributed by atoms with Gasteiger partial charge >= 0.3 is 0 Å². The van der Waals surface area contributed by atoms with Crippen LogP contribution in [-0.4, -0.2) is 73.1 Å². The Hall–Kier alpha value is -1.59. The monoisotopic (exact) mass is 318 g/mol. The molecule has 5 nitrogen and oxygen atoms in total. The number of piperidine rings is 1. The van der Waals surface area contributed by atoms with Crippen LogP contribution in [0.4, 0.5) is 0 Å². The SMILES string of the molecule is CN(C)C(=NCc1ccccc1CN1CCC(O)CC1)N(C)C. The van der Waals surface area contributed by atoms with Crippen LogP contribution in [0.2, 0.25) is 0 Å². The molecule has 1 fully saturated rings. The summed E-state index contributed by atoms with van der Waals surface area (Å²) >= 11 is 0. The maximum absolute atomic E-state index is 9.64. The molecule has 0 aliphatic carbocycles. The van der Waals surface area contributed by atoms with E-state index in [-0.39, 0.29) is 6.10 Å². The molecule has 23 heavy (non-hydrogen) atoms. The van der Waals surface area contributed by atoms with Gasteiger partial charge in [-0.25, -0.2) is 4.99 Å². The summed E-state index contributed by atoms with van der Waals surface area (Å²) < 4.78 is 0. The van der Waals surface area contributed by atoms with Crippen molar-refractivity contribution in [2.75, 3.05) is 41.3 Å². The van der Waals surface area contributed by atoms with Gasteiger partial charge in [0.15, 0.2) is 5.96 Å². The number of nitrogens with zero attached hydrogens (tertiary/aromatic N) is 4. The van der Waals surface area contributed by atoms with Crippen LogP contribution in [0.1, 0.15) is 24.0 Å². The molecule has 0 amide bonds. The van der Waals surface area contributed by atoms with Gasteiger partial charge in [-0.2, -0.15) is 0 Å². The number of aliphatic hydroxyl groups is 1. The van der Waals surface area contributed by atoms with Gasteiger partial charge in [-0.3, -0.25) is 4.90 Å². The summed E-state index contributed by atoms with van der Waals surface area (Å²) in [5, 5.41) is 9.64. The lowest BCUT2D eigenvalue weighted by molar-refractivity contribution is 0.0791. The summed E-state index contributed by atoms with van der Waals surface area (Å²) in [6, 6.07) is 8.54. The Morgan fingerprint density at radius 3 is 2.22 bits per heavy atom. The van der Waals surface area contributed by atoms with E-state index in [0.717, 1.165) is 38.4 Å². The van der Waals surface area contributed by atoms with Crippen LogP contribution in [0, 0.1) is 0 Å². The Morgan fingerprint density at radius 1 is 1.09 bits per heavy atom. The number of rotatable bonds is 4. The van der Waals surface area contributed by atoms with E-state index >= 15 is 0 Å². The second kappa shape index (κ2) is 8.31. The summed E-state index contributed by atoms with van der Waals surface area (Å²) in [6.45, 7) is 3.58. The van der Waals surface area contributed by atoms with Crippen molar-refractivity contribution in [2.45, 2.75) is 32.0 Å². The highest BCUT2D eigenvalue weighted by molar-refractivity contribution is 5.79. The number of hydrogen-bond acceptors (Lipinski definition) is 3.